The number of carboxylic acid groups (broad SMARTS) is 1. The monoisotopic (exact) mass is 385 g/mol. The van der Waals surface area contributed by atoms with Gasteiger partial charge in [-0.1, -0.05) is 30.3 Å². The van der Waals surface area contributed by atoms with E-state index in [1.807, 2.05) is 0 Å². The summed E-state index contributed by atoms with van der Waals surface area (Å²) in [7, 11) is 0.799. The van der Waals surface area contributed by atoms with Crippen LogP contribution in [0.3, 0.4) is 0 Å². The van der Waals surface area contributed by atoms with Gasteiger partial charge in [-0.05, 0) is 13.8 Å². The lowest BCUT2D eigenvalue weighted by molar-refractivity contribution is -0.263. The number of anilines is 1. The van der Waals surface area contributed by atoms with E-state index in [9.17, 15) is 22.8 Å². The lowest BCUT2D eigenvalue weighted by atomic mass is 9.91. The molecule has 7 nitrogen and oxygen atoms in total. The zero-order chi connectivity index (χ0) is 20.4. The Labute approximate surface area is 152 Å². The van der Waals surface area contributed by atoms with Gasteiger partial charge in [0, 0.05) is 12.7 Å². The van der Waals surface area contributed by atoms with Crippen LogP contribution in [0.1, 0.15) is 17.0 Å². The molecular weight excluding hydrogens is 367 g/mol. The van der Waals surface area contributed by atoms with Crippen molar-refractivity contribution in [2.75, 3.05) is 12.4 Å². The number of halogens is 3. The third kappa shape index (κ3) is 3.65. The first kappa shape index (κ1) is 20.4. The summed E-state index contributed by atoms with van der Waals surface area (Å²) in [4.78, 5) is 23.6. The number of ether oxygens (including phenoxy) is 1. The maximum Gasteiger partial charge on any atom is 0.430 e. The van der Waals surface area contributed by atoms with Gasteiger partial charge in [-0.25, -0.2) is 0 Å². The van der Waals surface area contributed by atoms with E-state index in [1.54, 1.807) is 0 Å². The minimum atomic E-state index is -5.05. The first-order valence-corrected chi connectivity index (χ1v) is 7.79. The minimum Gasteiger partial charge on any atom is -0.480 e. The van der Waals surface area contributed by atoms with Crippen LogP contribution in [0.4, 0.5) is 18.9 Å². The number of aromatic nitrogens is 2. The number of nitrogens with zero attached hydrogens (tertiary/aromatic N) is 2. The number of aryl methyl sites for hydroxylation is 1. The van der Waals surface area contributed by atoms with Crippen molar-refractivity contribution in [1.82, 2.24) is 9.78 Å². The largest absolute Gasteiger partial charge is 0.480 e. The molecule has 10 heteroatoms. The number of carbonyl (C=O) groups is 2. The molecule has 0 radical (unpaired) electrons. The SMILES string of the molecule is CO[C@@](C(=O)Nc1c(C)nn(CC(=O)O)c1C)(c1ccccc1)C(F)(F)F. The number of benzene rings is 1. The summed E-state index contributed by atoms with van der Waals surface area (Å²) in [6, 6.07) is 6.53. The number of alkyl halides is 3. The Bertz CT molecular complexity index is 849. The van der Waals surface area contributed by atoms with Gasteiger partial charge in [0.05, 0.1) is 17.1 Å². The van der Waals surface area contributed by atoms with Crippen LogP contribution in [0.25, 0.3) is 0 Å². The molecule has 0 saturated carbocycles. The van der Waals surface area contributed by atoms with Gasteiger partial charge in [0.1, 0.15) is 6.54 Å². The summed E-state index contributed by atoms with van der Waals surface area (Å²) in [6.45, 7) is 2.41. The fourth-order valence-corrected chi connectivity index (χ4v) is 2.78. The smallest absolute Gasteiger partial charge is 0.430 e. The zero-order valence-electron chi connectivity index (χ0n) is 14.8. The second-order valence-electron chi connectivity index (χ2n) is 5.80. The van der Waals surface area contributed by atoms with Crippen LogP contribution in [0.15, 0.2) is 30.3 Å². The van der Waals surface area contributed by atoms with Crippen molar-refractivity contribution in [3.8, 4) is 0 Å². The number of amides is 1. The van der Waals surface area contributed by atoms with E-state index in [0.29, 0.717) is 0 Å². The van der Waals surface area contributed by atoms with Crippen molar-refractivity contribution in [3.05, 3.63) is 47.3 Å². The molecule has 1 heterocycles. The standard InChI is InChI=1S/C17H18F3N3O4/c1-10-14(11(2)23(22-10)9-13(24)25)21-15(26)16(27-3,17(18,19)20)12-7-5-4-6-8-12/h4-8H,9H2,1-3H3,(H,21,26)(H,24,25)/t16-/m1/s1. The predicted molar refractivity (Wildman–Crippen MR) is 89.2 cm³/mol. The van der Waals surface area contributed by atoms with Crippen molar-refractivity contribution in [3.63, 3.8) is 0 Å². The summed E-state index contributed by atoms with van der Waals surface area (Å²) in [5.74, 6) is -2.63. The summed E-state index contributed by atoms with van der Waals surface area (Å²) in [6.07, 6.45) is -5.05. The molecule has 2 aromatic rings. The maximum absolute atomic E-state index is 13.9. The molecule has 2 N–H and O–H groups in total. The highest BCUT2D eigenvalue weighted by molar-refractivity contribution is 5.99. The quantitative estimate of drug-likeness (QED) is 0.797. The normalized spacial score (nSPS) is 13.9. The third-order valence-corrected chi connectivity index (χ3v) is 4.11. The minimum absolute atomic E-state index is 0.00264. The van der Waals surface area contributed by atoms with E-state index in [2.05, 4.69) is 10.4 Å². The average Bonchev–Trinajstić information content (AvgIpc) is 2.82. The van der Waals surface area contributed by atoms with Crippen LogP contribution in [0.2, 0.25) is 0 Å². The molecule has 2 rings (SSSR count). The van der Waals surface area contributed by atoms with Crippen LogP contribution in [0, 0.1) is 13.8 Å². The molecule has 27 heavy (non-hydrogen) atoms. The van der Waals surface area contributed by atoms with E-state index in [-0.39, 0.29) is 22.6 Å². The van der Waals surface area contributed by atoms with E-state index >= 15 is 0 Å². The van der Waals surface area contributed by atoms with Crippen molar-refractivity contribution >= 4 is 17.6 Å². The van der Waals surface area contributed by atoms with Crippen LogP contribution in [-0.4, -0.2) is 40.0 Å². The molecule has 0 saturated heterocycles. The van der Waals surface area contributed by atoms with Gasteiger partial charge in [-0.15, -0.1) is 0 Å². The number of hydrogen-bond donors (Lipinski definition) is 2. The summed E-state index contributed by atoms with van der Waals surface area (Å²) < 4.78 is 47.5. The van der Waals surface area contributed by atoms with E-state index < -0.39 is 30.2 Å². The van der Waals surface area contributed by atoms with Gasteiger partial charge in [0.25, 0.3) is 11.5 Å². The molecule has 1 aromatic carbocycles. The lowest BCUT2D eigenvalue weighted by Crippen LogP contribution is -2.53. The van der Waals surface area contributed by atoms with E-state index in [1.165, 1.54) is 32.0 Å². The molecule has 0 spiro atoms. The summed E-state index contributed by atoms with van der Waals surface area (Å²) >= 11 is 0. The van der Waals surface area contributed by atoms with Gasteiger partial charge in [-0.3, -0.25) is 14.3 Å². The number of methoxy groups -OCH3 is 1. The van der Waals surface area contributed by atoms with E-state index in [0.717, 1.165) is 23.9 Å². The molecule has 1 aromatic heterocycles. The van der Waals surface area contributed by atoms with Crippen molar-refractivity contribution < 1.29 is 32.6 Å². The summed E-state index contributed by atoms with van der Waals surface area (Å²) in [5, 5.41) is 15.0. The van der Waals surface area contributed by atoms with Crippen LogP contribution >= 0.6 is 0 Å². The number of rotatable bonds is 6. The molecule has 0 aliphatic heterocycles. The number of carbonyl (C=O) groups excluding carboxylic acids is 1. The molecule has 0 aliphatic rings. The summed E-state index contributed by atoms with van der Waals surface area (Å²) in [5.41, 5.74) is -3.22. The predicted octanol–water partition coefficient (Wildman–Crippen LogP) is 2.63. The van der Waals surface area contributed by atoms with Gasteiger partial charge in [-0.2, -0.15) is 18.3 Å². The van der Waals surface area contributed by atoms with Gasteiger partial charge in [0.15, 0.2) is 0 Å². The number of aliphatic carboxylic acids is 1. The number of nitrogens with one attached hydrogen (secondary N) is 1. The van der Waals surface area contributed by atoms with Crippen LogP contribution < -0.4 is 5.32 Å². The Morgan fingerprint density at radius 2 is 1.81 bits per heavy atom. The molecule has 0 fully saturated rings. The molecule has 0 aliphatic carbocycles. The average molecular weight is 385 g/mol. The Morgan fingerprint density at radius 1 is 1.22 bits per heavy atom. The molecule has 146 valence electrons. The van der Waals surface area contributed by atoms with Gasteiger partial charge < -0.3 is 15.2 Å². The highest BCUT2D eigenvalue weighted by Gasteiger charge is 2.62. The molecule has 1 amide bonds. The van der Waals surface area contributed by atoms with Crippen molar-refractivity contribution in [2.45, 2.75) is 32.2 Å². The van der Waals surface area contributed by atoms with Gasteiger partial charge >= 0.3 is 12.1 Å². The molecular formula is C17H18F3N3O4. The zero-order valence-corrected chi connectivity index (χ0v) is 14.8. The van der Waals surface area contributed by atoms with Gasteiger partial charge in [0.2, 0.25) is 0 Å². The molecule has 0 bridgehead atoms. The first-order valence-electron chi connectivity index (χ1n) is 7.79. The Balaban J connectivity index is 2.50. The first-order chi connectivity index (χ1) is 12.5. The molecule has 1 atom stereocenters. The van der Waals surface area contributed by atoms with Crippen molar-refractivity contribution in [2.24, 2.45) is 0 Å². The Hall–Kier alpha value is -2.88. The Kier molecular flexibility index (Phi) is 5.59. The number of carboxylic acids is 1. The molecule has 0 unspecified atom stereocenters. The highest BCUT2D eigenvalue weighted by atomic mass is 19.4. The highest BCUT2D eigenvalue weighted by Crippen LogP contribution is 2.43. The fraction of sp³-hybridized carbons (Fsp3) is 0.353. The lowest BCUT2D eigenvalue weighted by Gasteiger charge is -2.33. The third-order valence-electron chi connectivity index (χ3n) is 4.11. The topological polar surface area (TPSA) is 93.5 Å². The van der Waals surface area contributed by atoms with Crippen molar-refractivity contribution in [1.29, 1.82) is 0 Å². The number of hydrogen-bond acceptors (Lipinski definition) is 4. The fourth-order valence-electron chi connectivity index (χ4n) is 2.78. The Morgan fingerprint density at radius 3 is 2.30 bits per heavy atom. The van der Waals surface area contributed by atoms with E-state index in [4.69, 9.17) is 9.84 Å². The second-order valence-corrected chi connectivity index (χ2v) is 5.80. The van der Waals surface area contributed by atoms with Crippen LogP contribution in [0.5, 0.6) is 0 Å². The van der Waals surface area contributed by atoms with Crippen LogP contribution in [-0.2, 0) is 26.5 Å². The second kappa shape index (κ2) is 7.39. The maximum atomic E-state index is 13.9.